The Bertz CT molecular complexity index is 1580. The van der Waals surface area contributed by atoms with Crippen LogP contribution in [0.15, 0.2) is 70.4 Å². The number of hydrogen-bond acceptors (Lipinski definition) is 5. The molecule has 0 amide bonds. The van der Waals surface area contributed by atoms with Crippen LogP contribution in [-0.4, -0.2) is 60.1 Å². The number of nitrogens with zero attached hydrogens (tertiary/aromatic N) is 3. The molecule has 2 heterocycles. The molecule has 0 aliphatic carbocycles. The number of piperazine rings is 1. The Balaban J connectivity index is 0.000000283. The minimum Gasteiger partial charge on any atom is -0.367 e. The predicted molar refractivity (Wildman–Crippen MR) is 139 cm³/mol. The van der Waals surface area contributed by atoms with E-state index in [1.54, 1.807) is 27.7 Å². The first-order chi connectivity index (χ1) is 18.1. The van der Waals surface area contributed by atoms with Crippen LogP contribution in [0.2, 0.25) is 0 Å². The molecule has 5 rings (SSSR count). The maximum Gasteiger partial charge on any atom is 0.326 e. The Morgan fingerprint density at radius 2 is 1.53 bits per heavy atom. The van der Waals surface area contributed by atoms with Crippen LogP contribution >= 0.6 is 0 Å². The third kappa shape index (κ3) is 6.09. The van der Waals surface area contributed by atoms with Crippen molar-refractivity contribution in [2.24, 2.45) is 0 Å². The van der Waals surface area contributed by atoms with Gasteiger partial charge >= 0.3 is 5.69 Å². The molecule has 4 aromatic rings. The third-order valence-electron chi connectivity index (χ3n) is 6.43. The molecule has 0 radical (unpaired) electrons. The number of halogens is 3. The molecule has 0 unspecified atom stereocenters. The Morgan fingerprint density at radius 3 is 2.16 bits per heavy atom. The van der Waals surface area contributed by atoms with E-state index < -0.39 is 27.6 Å². The van der Waals surface area contributed by atoms with Gasteiger partial charge in [-0.15, -0.1) is 0 Å². The van der Waals surface area contributed by atoms with E-state index >= 15 is 0 Å². The number of nitrogens with one attached hydrogen (secondary N) is 1. The van der Waals surface area contributed by atoms with Crippen LogP contribution in [0.3, 0.4) is 0 Å². The predicted octanol–water partition coefficient (Wildman–Crippen LogP) is 3.81. The molecule has 8 nitrogen and oxygen atoms in total. The number of aromatic nitrogens is 2. The van der Waals surface area contributed by atoms with E-state index in [0.717, 1.165) is 17.1 Å². The number of imidazole rings is 1. The summed E-state index contributed by atoms with van der Waals surface area (Å²) in [5, 5.41) is 0. The van der Waals surface area contributed by atoms with Crippen LogP contribution in [0.25, 0.3) is 11.0 Å². The van der Waals surface area contributed by atoms with Gasteiger partial charge in [0.2, 0.25) is 0 Å². The summed E-state index contributed by atoms with van der Waals surface area (Å²) in [5.74, 6) is -2.88. The SMILES string of the molecule is Cc1c(F)c(F)cc(N2CCN(CCn3c(=O)[nH]c4ccccc43)CC2)c1F.O=S(=O)(O)c1ccccc1. The smallest absolute Gasteiger partial charge is 0.326 e. The van der Waals surface area contributed by atoms with Crippen molar-refractivity contribution < 1.29 is 26.1 Å². The van der Waals surface area contributed by atoms with Gasteiger partial charge in [-0.2, -0.15) is 8.42 Å². The average Bonchev–Trinajstić information content (AvgIpc) is 3.24. The van der Waals surface area contributed by atoms with Gasteiger partial charge in [-0.1, -0.05) is 30.3 Å². The van der Waals surface area contributed by atoms with Crippen molar-refractivity contribution in [3.8, 4) is 0 Å². The van der Waals surface area contributed by atoms with Gasteiger partial charge in [0, 0.05) is 50.9 Å². The quantitative estimate of drug-likeness (QED) is 0.291. The van der Waals surface area contributed by atoms with Crippen LogP contribution in [-0.2, 0) is 16.7 Å². The highest BCUT2D eigenvalue weighted by molar-refractivity contribution is 7.85. The molecule has 0 spiro atoms. The number of benzene rings is 3. The molecular formula is C26H27F3N4O4S. The fraction of sp³-hybridized carbons (Fsp3) is 0.269. The zero-order chi connectivity index (χ0) is 27.4. The highest BCUT2D eigenvalue weighted by atomic mass is 32.2. The third-order valence-corrected chi connectivity index (χ3v) is 7.30. The first-order valence-electron chi connectivity index (χ1n) is 11.9. The van der Waals surface area contributed by atoms with Gasteiger partial charge in [0.05, 0.1) is 21.6 Å². The fourth-order valence-electron chi connectivity index (χ4n) is 4.32. The monoisotopic (exact) mass is 548 g/mol. The van der Waals surface area contributed by atoms with Crippen LogP contribution in [0.5, 0.6) is 0 Å². The highest BCUT2D eigenvalue weighted by Crippen LogP contribution is 2.27. The summed E-state index contributed by atoms with van der Waals surface area (Å²) in [4.78, 5) is 18.8. The lowest BCUT2D eigenvalue weighted by Crippen LogP contribution is -2.47. The minimum absolute atomic E-state index is 0.0741. The number of aromatic amines is 1. The zero-order valence-electron chi connectivity index (χ0n) is 20.6. The maximum absolute atomic E-state index is 14.3. The molecule has 0 atom stereocenters. The summed E-state index contributed by atoms with van der Waals surface area (Å²) in [7, 11) is -4.00. The Labute approximate surface area is 217 Å². The molecular weight excluding hydrogens is 521 g/mol. The van der Waals surface area contributed by atoms with E-state index in [2.05, 4.69) is 9.88 Å². The molecule has 0 bridgehead atoms. The van der Waals surface area contributed by atoms with Crippen molar-refractivity contribution in [3.05, 3.63) is 94.2 Å². The van der Waals surface area contributed by atoms with E-state index in [1.807, 2.05) is 24.3 Å². The molecule has 0 saturated carbocycles. The molecule has 2 N–H and O–H groups in total. The van der Waals surface area contributed by atoms with Crippen molar-refractivity contribution in [1.82, 2.24) is 14.5 Å². The first-order valence-corrected chi connectivity index (χ1v) is 13.3. The molecule has 1 aromatic heterocycles. The van der Waals surface area contributed by atoms with Gasteiger partial charge in [-0.3, -0.25) is 14.0 Å². The van der Waals surface area contributed by atoms with Crippen LogP contribution < -0.4 is 10.6 Å². The topological polar surface area (TPSA) is 98.6 Å². The summed E-state index contributed by atoms with van der Waals surface area (Å²) < 4.78 is 72.5. The lowest BCUT2D eigenvalue weighted by molar-refractivity contribution is 0.247. The lowest BCUT2D eigenvalue weighted by Gasteiger charge is -2.36. The summed E-state index contributed by atoms with van der Waals surface area (Å²) in [6.45, 7) is 4.76. The van der Waals surface area contributed by atoms with Crippen molar-refractivity contribution >= 4 is 26.8 Å². The second-order valence-electron chi connectivity index (χ2n) is 8.85. The van der Waals surface area contributed by atoms with E-state index in [9.17, 15) is 26.4 Å². The van der Waals surface area contributed by atoms with Gasteiger partial charge in [-0.25, -0.2) is 18.0 Å². The summed E-state index contributed by atoms with van der Waals surface area (Å²) >= 11 is 0. The Hall–Kier alpha value is -3.61. The zero-order valence-corrected chi connectivity index (χ0v) is 21.4. The van der Waals surface area contributed by atoms with Gasteiger partial charge in [0.15, 0.2) is 17.5 Å². The second kappa shape index (κ2) is 11.4. The fourth-order valence-corrected chi connectivity index (χ4v) is 4.82. The Morgan fingerprint density at radius 1 is 0.895 bits per heavy atom. The summed E-state index contributed by atoms with van der Waals surface area (Å²) in [5.41, 5.74) is 1.34. The number of hydrogen-bond donors (Lipinski definition) is 2. The number of H-pyrrole nitrogens is 1. The summed E-state index contributed by atoms with van der Waals surface area (Å²) in [6, 6.07) is 15.9. The van der Waals surface area contributed by atoms with E-state index in [1.165, 1.54) is 19.1 Å². The van der Waals surface area contributed by atoms with Crippen molar-refractivity contribution in [2.75, 3.05) is 37.6 Å². The molecule has 1 saturated heterocycles. The normalized spacial score (nSPS) is 14.4. The maximum atomic E-state index is 14.3. The van der Waals surface area contributed by atoms with Crippen molar-refractivity contribution in [3.63, 3.8) is 0 Å². The number of anilines is 1. The Kier molecular flexibility index (Phi) is 8.24. The van der Waals surface area contributed by atoms with E-state index in [4.69, 9.17) is 4.55 Å². The van der Waals surface area contributed by atoms with Crippen LogP contribution in [0.4, 0.5) is 18.9 Å². The molecule has 1 aliphatic rings. The van der Waals surface area contributed by atoms with Crippen molar-refractivity contribution in [1.29, 1.82) is 0 Å². The second-order valence-corrected chi connectivity index (χ2v) is 10.3. The van der Waals surface area contributed by atoms with E-state index in [-0.39, 0.29) is 21.8 Å². The van der Waals surface area contributed by atoms with Crippen LogP contribution in [0.1, 0.15) is 5.56 Å². The minimum atomic E-state index is -4.00. The van der Waals surface area contributed by atoms with Gasteiger partial charge in [0.1, 0.15) is 0 Å². The molecule has 1 aliphatic heterocycles. The number of para-hydroxylation sites is 2. The standard InChI is InChI=1S/C20H21F3N4O.C6H6O3S/c1-13-18(22)14(21)12-17(19(13)23)26-9-6-25(7-10-26)8-11-27-16-5-3-2-4-15(16)24-20(27)28;7-10(8,9)6-4-2-1-3-5-6/h2-5,12H,6-11H2,1H3,(H,24,28);1-5H,(H,7,8,9). The summed E-state index contributed by atoms with van der Waals surface area (Å²) in [6.07, 6.45) is 0. The van der Waals surface area contributed by atoms with Gasteiger partial charge in [-0.05, 0) is 31.2 Å². The number of fused-ring (bicyclic) bond motifs is 1. The molecule has 1 fully saturated rings. The lowest BCUT2D eigenvalue weighted by atomic mass is 10.1. The van der Waals surface area contributed by atoms with Crippen molar-refractivity contribution in [2.45, 2.75) is 18.4 Å². The number of rotatable bonds is 5. The molecule has 38 heavy (non-hydrogen) atoms. The van der Waals surface area contributed by atoms with Crippen LogP contribution in [0, 0.1) is 24.4 Å². The highest BCUT2D eigenvalue weighted by Gasteiger charge is 2.23. The first kappa shape index (κ1) is 27.4. The molecule has 12 heteroatoms. The molecule has 202 valence electrons. The van der Waals surface area contributed by atoms with E-state index in [0.29, 0.717) is 39.3 Å². The largest absolute Gasteiger partial charge is 0.367 e. The van der Waals surface area contributed by atoms with Gasteiger partial charge < -0.3 is 9.88 Å². The average molecular weight is 549 g/mol. The molecule has 3 aromatic carbocycles. The van der Waals surface area contributed by atoms with Gasteiger partial charge in [0.25, 0.3) is 10.1 Å².